The number of amidine groups is 1. The van der Waals surface area contributed by atoms with Crippen molar-refractivity contribution in [1.29, 1.82) is 0 Å². The lowest BCUT2D eigenvalue weighted by atomic mass is 9.99. The van der Waals surface area contributed by atoms with Crippen molar-refractivity contribution in [3.8, 4) is 22.8 Å². The standard InChI is InChI=1S/C31H26F4N6O3S/c1-18(2)24-13-4-19(3)14-26(24)41-27(42)16-45-30(41)38-29(43)36-15-25(32)20-5-7-21(8-6-20)28-37-17-40(39-28)22-9-11-23(12-10-22)44-31(33,34)35/h4-15,17-18H,16H2,1-3H3,(H,36,43)/b25-15-,38-30?. The van der Waals surface area contributed by atoms with Crippen molar-refractivity contribution in [3.05, 3.63) is 95.9 Å². The summed E-state index contributed by atoms with van der Waals surface area (Å²) in [7, 11) is 0. The second-order valence-electron chi connectivity index (χ2n) is 10.2. The zero-order valence-electron chi connectivity index (χ0n) is 24.2. The van der Waals surface area contributed by atoms with Gasteiger partial charge in [-0.25, -0.2) is 18.9 Å². The lowest BCUT2D eigenvalue weighted by Gasteiger charge is -2.22. The number of urea groups is 1. The van der Waals surface area contributed by atoms with Crippen LogP contribution in [-0.2, 0) is 4.79 Å². The Morgan fingerprint density at radius 3 is 2.47 bits per heavy atom. The van der Waals surface area contributed by atoms with Gasteiger partial charge in [0.15, 0.2) is 11.0 Å². The van der Waals surface area contributed by atoms with Gasteiger partial charge in [0.1, 0.15) is 17.9 Å². The molecule has 3 aromatic carbocycles. The number of amides is 3. The number of hydrogen-bond acceptors (Lipinski definition) is 6. The summed E-state index contributed by atoms with van der Waals surface area (Å²) in [5, 5.41) is 6.85. The van der Waals surface area contributed by atoms with Crippen molar-refractivity contribution in [2.24, 2.45) is 4.99 Å². The second-order valence-corrected chi connectivity index (χ2v) is 11.1. The highest BCUT2D eigenvalue weighted by Gasteiger charge is 2.33. The highest BCUT2D eigenvalue weighted by molar-refractivity contribution is 8.15. The molecule has 0 bridgehead atoms. The quantitative estimate of drug-likeness (QED) is 0.212. The fraction of sp³-hybridized carbons (Fsp3) is 0.194. The van der Waals surface area contributed by atoms with Crippen LogP contribution in [0.15, 0.2) is 84.2 Å². The minimum atomic E-state index is -4.79. The third kappa shape index (κ3) is 7.58. The van der Waals surface area contributed by atoms with Crippen LogP contribution in [0.3, 0.4) is 0 Å². The first-order chi connectivity index (χ1) is 21.4. The number of halogens is 4. The van der Waals surface area contributed by atoms with E-state index in [9.17, 15) is 27.2 Å². The molecular weight excluding hydrogens is 612 g/mol. The van der Waals surface area contributed by atoms with Crippen LogP contribution in [0.1, 0.15) is 36.5 Å². The van der Waals surface area contributed by atoms with Gasteiger partial charge >= 0.3 is 12.4 Å². The van der Waals surface area contributed by atoms with Gasteiger partial charge in [-0.1, -0.05) is 62.0 Å². The number of hydrogen-bond donors (Lipinski definition) is 1. The van der Waals surface area contributed by atoms with Crippen LogP contribution in [-0.4, -0.2) is 44.0 Å². The number of carbonyl (C=O) groups excluding carboxylic acids is 2. The summed E-state index contributed by atoms with van der Waals surface area (Å²) in [5.74, 6) is -0.738. The average molecular weight is 639 g/mol. The minimum Gasteiger partial charge on any atom is -0.406 e. The Morgan fingerprint density at radius 2 is 1.80 bits per heavy atom. The Hall–Kier alpha value is -4.98. The number of thioether (sulfide) groups is 1. The maximum absolute atomic E-state index is 14.9. The first-order valence-corrected chi connectivity index (χ1v) is 14.6. The molecule has 2 heterocycles. The third-order valence-corrected chi connectivity index (χ3v) is 7.50. The molecule has 0 spiro atoms. The van der Waals surface area contributed by atoms with Gasteiger partial charge in [-0.15, -0.1) is 18.3 Å². The predicted molar refractivity (Wildman–Crippen MR) is 164 cm³/mol. The maximum Gasteiger partial charge on any atom is 0.573 e. The van der Waals surface area contributed by atoms with Gasteiger partial charge in [0.05, 0.1) is 17.1 Å². The summed E-state index contributed by atoms with van der Waals surface area (Å²) < 4.78 is 57.3. The van der Waals surface area contributed by atoms with E-state index in [1.54, 1.807) is 12.1 Å². The number of benzene rings is 3. The van der Waals surface area contributed by atoms with E-state index in [1.165, 1.54) is 40.2 Å². The molecule has 3 amide bonds. The Bertz CT molecular complexity index is 1780. The second kappa shape index (κ2) is 12.9. The van der Waals surface area contributed by atoms with E-state index in [2.05, 4.69) is 25.1 Å². The number of alkyl halides is 3. The molecule has 45 heavy (non-hydrogen) atoms. The maximum atomic E-state index is 14.9. The van der Waals surface area contributed by atoms with Crippen LogP contribution < -0.4 is 15.0 Å². The Kier molecular flexibility index (Phi) is 9.04. The molecule has 0 unspecified atom stereocenters. The highest BCUT2D eigenvalue weighted by Crippen LogP contribution is 2.34. The fourth-order valence-corrected chi connectivity index (χ4v) is 5.30. The largest absolute Gasteiger partial charge is 0.573 e. The summed E-state index contributed by atoms with van der Waals surface area (Å²) >= 11 is 1.13. The SMILES string of the molecule is Cc1ccc(C(C)C)c(N2C(=O)CSC2=NC(=O)N/C=C(\F)c2ccc(-c3ncn(-c4ccc(OC(F)(F)F)cc4)n3)cc2)c1. The minimum absolute atomic E-state index is 0.129. The van der Waals surface area contributed by atoms with Crippen molar-refractivity contribution in [1.82, 2.24) is 20.1 Å². The van der Waals surface area contributed by atoms with E-state index >= 15 is 0 Å². The molecule has 4 aromatic rings. The van der Waals surface area contributed by atoms with Crippen LogP contribution in [0.4, 0.5) is 28.0 Å². The molecule has 0 radical (unpaired) electrons. The number of aliphatic imine (C=N–C) groups is 1. The first kappa shape index (κ1) is 31.4. The summed E-state index contributed by atoms with van der Waals surface area (Å²) in [6, 6.07) is 16.2. The van der Waals surface area contributed by atoms with Crippen LogP contribution in [0.25, 0.3) is 22.9 Å². The Balaban J connectivity index is 1.25. The molecule has 1 aliphatic heterocycles. The van der Waals surface area contributed by atoms with Gasteiger partial charge in [0.25, 0.3) is 0 Å². The lowest BCUT2D eigenvalue weighted by molar-refractivity contribution is -0.274. The number of nitrogens with zero attached hydrogens (tertiary/aromatic N) is 5. The molecule has 9 nitrogen and oxygen atoms in total. The molecule has 0 atom stereocenters. The Labute approximate surface area is 259 Å². The number of rotatable bonds is 7. The van der Waals surface area contributed by atoms with E-state index in [4.69, 9.17) is 0 Å². The van der Waals surface area contributed by atoms with E-state index < -0.39 is 18.2 Å². The number of nitrogens with one attached hydrogen (secondary N) is 1. The number of aromatic nitrogens is 3. The number of anilines is 1. The number of ether oxygens (including phenoxy) is 1. The van der Waals surface area contributed by atoms with E-state index in [1.807, 2.05) is 39.0 Å². The molecule has 14 heteroatoms. The molecule has 1 fully saturated rings. The van der Waals surface area contributed by atoms with Crippen molar-refractivity contribution >= 4 is 40.4 Å². The summed E-state index contributed by atoms with van der Waals surface area (Å²) in [5.41, 5.74) is 3.74. The molecule has 0 aliphatic carbocycles. The lowest BCUT2D eigenvalue weighted by Crippen LogP contribution is -2.31. The zero-order valence-corrected chi connectivity index (χ0v) is 25.0. The van der Waals surface area contributed by atoms with Crippen molar-refractivity contribution < 1.29 is 31.9 Å². The number of aryl methyl sites for hydroxylation is 1. The van der Waals surface area contributed by atoms with E-state index in [-0.39, 0.29) is 34.1 Å². The van der Waals surface area contributed by atoms with Gasteiger partial charge in [-0.05, 0) is 54.3 Å². The first-order valence-electron chi connectivity index (χ1n) is 13.6. The highest BCUT2D eigenvalue weighted by atomic mass is 32.2. The van der Waals surface area contributed by atoms with Gasteiger partial charge < -0.3 is 10.1 Å². The Morgan fingerprint density at radius 1 is 1.09 bits per heavy atom. The molecular formula is C31H26F4N6O3S. The van der Waals surface area contributed by atoms with Gasteiger partial charge in [-0.2, -0.15) is 4.99 Å². The molecule has 1 saturated heterocycles. The van der Waals surface area contributed by atoms with Crippen LogP contribution in [0.2, 0.25) is 0 Å². The van der Waals surface area contributed by atoms with Crippen LogP contribution in [0, 0.1) is 6.92 Å². The van der Waals surface area contributed by atoms with E-state index in [0.29, 0.717) is 22.8 Å². The van der Waals surface area contributed by atoms with Crippen LogP contribution >= 0.6 is 11.8 Å². The van der Waals surface area contributed by atoms with Crippen molar-refractivity contribution in [2.45, 2.75) is 33.1 Å². The molecule has 5 rings (SSSR count). The van der Waals surface area contributed by atoms with Gasteiger partial charge in [0, 0.05) is 17.3 Å². The summed E-state index contributed by atoms with van der Waals surface area (Å²) in [6.07, 6.45) is -2.51. The molecule has 1 aliphatic rings. The molecule has 232 valence electrons. The zero-order chi connectivity index (χ0) is 32.3. The average Bonchev–Trinajstić information content (AvgIpc) is 3.62. The molecule has 0 saturated carbocycles. The van der Waals surface area contributed by atoms with Gasteiger partial charge in [-0.3, -0.25) is 9.69 Å². The summed E-state index contributed by atoms with van der Waals surface area (Å²) in [4.78, 5) is 35.0. The van der Waals surface area contributed by atoms with Crippen molar-refractivity contribution in [3.63, 3.8) is 0 Å². The topological polar surface area (TPSA) is 102 Å². The number of carbonyl (C=O) groups is 2. The smallest absolute Gasteiger partial charge is 0.406 e. The van der Waals surface area contributed by atoms with E-state index in [0.717, 1.165) is 41.2 Å². The third-order valence-electron chi connectivity index (χ3n) is 6.58. The molecule has 1 aromatic heterocycles. The van der Waals surface area contributed by atoms with Gasteiger partial charge in [0.2, 0.25) is 5.91 Å². The monoisotopic (exact) mass is 638 g/mol. The van der Waals surface area contributed by atoms with Crippen molar-refractivity contribution in [2.75, 3.05) is 10.7 Å². The fourth-order valence-electron chi connectivity index (χ4n) is 4.44. The molecule has 1 N–H and O–H groups in total. The predicted octanol–water partition coefficient (Wildman–Crippen LogP) is 7.38. The normalized spacial score (nSPS) is 14.8. The van der Waals surface area contributed by atoms with Crippen LogP contribution in [0.5, 0.6) is 5.75 Å². The summed E-state index contributed by atoms with van der Waals surface area (Å²) in [6.45, 7) is 5.94.